The first-order valence-electron chi connectivity index (χ1n) is 13.3. The van der Waals surface area contributed by atoms with E-state index < -0.39 is 18.6 Å². The molecule has 206 valence electrons. The second-order valence-corrected chi connectivity index (χ2v) is 10.5. The zero-order chi connectivity index (χ0) is 28.0. The van der Waals surface area contributed by atoms with Crippen molar-refractivity contribution < 1.29 is 27.2 Å². The number of allylic oxidation sites excluding steroid dienone is 3. The van der Waals surface area contributed by atoms with Crippen LogP contribution in [0, 0.1) is 11.8 Å². The standard InChI is InChI=1S/C30H27F3N4O3/c1-17-13-19(14-18-9-11-37(12-10-18)29(39)28-36-21-6-2-3-8-24(21)40-28)15-23-25(17)26-20(5-4-7-22(26)35-23)27(38)34-16-30(31,32)33/h2-8,13,15,18-19H,9-12,14,16H2,1H3,(H,34,38). The number of piperidine rings is 1. The molecule has 2 amide bonds. The summed E-state index contributed by atoms with van der Waals surface area (Å²) in [6.45, 7) is 1.81. The molecule has 3 heterocycles. The summed E-state index contributed by atoms with van der Waals surface area (Å²) in [5.74, 6) is -0.308. The van der Waals surface area contributed by atoms with Crippen LogP contribution >= 0.6 is 0 Å². The summed E-state index contributed by atoms with van der Waals surface area (Å²) in [5.41, 5.74) is 3.94. The molecule has 3 aromatic rings. The van der Waals surface area contributed by atoms with Gasteiger partial charge in [0.05, 0.1) is 11.1 Å². The maximum atomic E-state index is 13.0. The molecule has 1 N–H and O–H groups in total. The Balaban J connectivity index is 1.14. The van der Waals surface area contributed by atoms with Gasteiger partial charge in [0.15, 0.2) is 5.58 Å². The fraction of sp³-hybridized carbons (Fsp3) is 0.333. The number of likely N-dealkylation sites (tertiary alicyclic amines) is 1. The minimum Gasteiger partial charge on any atom is -0.432 e. The van der Waals surface area contributed by atoms with Crippen molar-refractivity contribution in [1.29, 1.82) is 0 Å². The third kappa shape index (κ3) is 5.05. The van der Waals surface area contributed by atoms with Crippen LogP contribution in [0.25, 0.3) is 16.7 Å². The third-order valence-corrected chi connectivity index (χ3v) is 7.70. The predicted molar refractivity (Wildman–Crippen MR) is 142 cm³/mol. The minimum atomic E-state index is -4.49. The molecule has 10 heteroatoms. The number of oxazole rings is 1. The summed E-state index contributed by atoms with van der Waals surface area (Å²) >= 11 is 0. The number of carbonyl (C=O) groups excluding carboxylic acids is 2. The van der Waals surface area contributed by atoms with Gasteiger partial charge < -0.3 is 14.6 Å². The Kier molecular flexibility index (Phi) is 6.56. The molecule has 1 atom stereocenters. The summed E-state index contributed by atoms with van der Waals surface area (Å²) in [5, 5.41) is 3.13. The van der Waals surface area contributed by atoms with Crippen molar-refractivity contribution in [3.8, 4) is 0 Å². The Morgan fingerprint density at radius 2 is 1.85 bits per heavy atom. The Bertz CT molecular complexity index is 1660. The highest BCUT2D eigenvalue weighted by atomic mass is 19.4. The summed E-state index contributed by atoms with van der Waals surface area (Å²) in [7, 11) is 0. The Morgan fingerprint density at radius 1 is 1.07 bits per heavy atom. The maximum absolute atomic E-state index is 13.0. The van der Waals surface area contributed by atoms with Crippen LogP contribution in [0.1, 0.15) is 47.2 Å². The molecule has 2 aromatic carbocycles. The zero-order valence-corrected chi connectivity index (χ0v) is 21.8. The second kappa shape index (κ2) is 10.1. The normalized spacial score (nSPS) is 19.1. The third-order valence-electron chi connectivity index (χ3n) is 7.70. The van der Waals surface area contributed by atoms with Crippen molar-refractivity contribution in [3.05, 3.63) is 87.9 Å². The van der Waals surface area contributed by atoms with Crippen molar-refractivity contribution in [3.63, 3.8) is 0 Å². The molecule has 2 aliphatic heterocycles. The summed E-state index contributed by atoms with van der Waals surface area (Å²) < 4.78 is 43.7. The molecule has 0 saturated carbocycles. The van der Waals surface area contributed by atoms with E-state index in [1.807, 2.05) is 30.4 Å². The van der Waals surface area contributed by atoms with Crippen LogP contribution in [-0.4, -0.2) is 47.5 Å². The first-order valence-corrected chi connectivity index (χ1v) is 13.3. The Morgan fingerprint density at radius 3 is 2.60 bits per heavy atom. The van der Waals surface area contributed by atoms with Crippen LogP contribution in [0.4, 0.5) is 13.2 Å². The predicted octanol–water partition coefficient (Wildman–Crippen LogP) is 4.31. The van der Waals surface area contributed by atoms with E-state index in [4.69, 9.17) is 9.41 Å². The number of benzene rings is 2. The first kappa shape index (κ1) is 26.0. The van der Waals surface area contributed by atoms with Gasteiger partial charge in [0.1, 0.15) is 12.1 Å². The van der Waals surface area contributed by atoms with Gasteiger partial charge in [-0.05, 0) is 67.9 Å². The summed E-state index contributed by atoms with van der Waals surface area (Å²) in [6, 6.07) is 12.2. The molecule has 1 unspecified atom stereocenters. The lowest BCUT2D eigenvalue weighted by Gasteiger charge is -2.32. The van der Waals surface area contributed by atoms with E-state index in [0.717, 1.165) is 36.1 Å². The average Bonchev–Trinajstić information content (AvgIpc) is 3.53. The molecular weight excluding hydrogens is 521 g/mol. The van der Waals surface area contributed by atoms with Crippen molar-refractivity contribution >= 4 is 28.5 Å². The molecule has 0 bridgehead atoms. The van der Waals surface area contributed by atoms with Gasteiger partial charge in [0.2, 0.25) is 0 Å². The largest absolute Gasteiger partial charge is 0.432 e. The number of hydrogen-bond donors (Lipinski definition) is 1. The highest BCUT2D eigenvalue weighted by molar-refractivity contribution is 5.97. The number of aromatic nitrogens is 1. The van der Waals surface area contributed by atoms with Gasteiger partial charge in [-0.3, -0.25) is 9.59 Å². The fourth-order valence-corrected chi connectivity index (χ4v) is 5.84. The molecule has 1 fully saturated rings. The Hall–Kier alpha value is -4.21. The minimum absolute atomic E-state index is 0.118. The number of carbonyl (C=O) groups is 2. The summed E-state index contributed by atoms with van der Waals surface area (Å²) in [4.78, 5) is 36.4. The number of para-hydroxylation sites is 2. The number of nitrogens with one attached hydrogen (secondary N) is 1. The van der Waals surface area contributed by atoms with E-state index in [1.54, 1.807) is 23.1 Å². The monoisotopic (exact) mass is 548 g/mol. The van der Waals surface area contributed by atoms with E-state index in [9.17, 15) is 22.8 Å². The lowest BCUT2D eigenvalue weighted by Crippen LogP contribution is -2.39. The zero-order valence-electron chi connectivity index (χ0n) is 21.8. The highest BCUT2D eigenvalue weighted by Crippen LogP contribution is 2.35. The van der Waals surface area contributed by atoms with E-state index in [2.05, 4.69) is 17.1 Å². The topological polar surface area (TPSA) is 87.8 Å². The molecule has 3 aliphatic rings. The smallest absolute Gasteiger partial charge is 0.405 e. The molecule has 0 spiro atoms. The van der Waals surface area contributed by atoms with Crippen LogP contribution in [0.15, 0.2) is 75.3 Å². The summed E-state index contributed by atoms with van der Waals surface area (Å²) in [6.07, 6.45) is 2.34. The number of nitrogens with zero attached hydrogens (tertiary/aromatic N) is 3. The molecule has 1 saturated heterocycles. The molecule has 6 rings (SSSR count). The number of hydrogen-bond acceptors (Lipinski definition) is 5. The quantitative estimate of drug-likeness (QED) is 0.515. The van der Waals surface area contributed by atoms with Crippen molar-refractivity contribution in [2.75, 3.05) is 19.6 Å². The van der Waals surface area contributed by atoms with E-state index in [0.29, 0.717) is 40.7 Å². The van der Waals surface area contributed by atoms with Crippen LogP contribution in [0.5, 0.6) is 0 Å². The number of amides is 2. The fourth-order valence-electron chi connectivity index (χ4n) is 5.84. The van der Waals surface area contributed by atoms with Crippen LogP contribution in [0.2, 0.25) is 0 Å². The molecule has 1 aliphatic carbocycles. The maximum Gasteiger partial charge on any atom is 0.405 e. The Labute approximate surface area is 227 Å². The van der Waals surface area contributed by atoms with E-state index >= 15 is 0 Å². The molecule has 0 radical (unpaired) electrons. The van der Waals surface area contributed by atoms with E-state index in [-0.39, 0.29) is 23.3 Å². The van der Waals surface area contributed by atoms with Crippen LogP contribution in [0.3, 0.4) is 0 Å². The van der Waals surface area contributed by atoms with E-state index in [1.165, 1.54) is 6.07 Å². The van der Waals surface area contributed by atoms with Gasteiger partial charge in [0, 0.05) is 29.4 Å². The average molecular weight is 549 g/mol. The molecule has 1 aromatic heterocycles. The van der Waals surface area contributed by atoms with Gasteiger partial charge in [-0.1, -0.05) is 30.4 Å². The first-order chi connectivity index (χ1) is 19.2. The lowest BCUT2D eigenvalue weighted by molar-refractivity contribution is -0.123. The van der Waals surface area contributed by atoms with Crippen LogP contribution < -0.4 is 15.9 Å². The van der Waals surface area contributed by atoms with Crippen molar-refractivity contribution in [2.24, 2.45) is 16.8 Å². The number of rotatable bonds is 5. The van der Waals surface area contributed by atoms with Gasteiger partial charge in [0.25, 0.3) is 11.8 Å². The molecule has 7 nitrogen and oxygen atoms in total. The van der Waals surface area contributed by atoms with Gasteiger partial charge in [-0.15, -0.1) is 0 Å². The van der Waals surface area contributed by atoms with Crippen molar-refractivity contribution in [2.45, 2.75) is 32.4 Å². The van der Waals surface area contributed by atoms with Gasteiger partial charge in [-0.2, -0.15) is 13.2 Å². The number of fused-ring (bicyclic) bond motifs is 3. The van der Waals surface area contributed by atoms with Crippen LogP contribution in [-0.2, 0) is 0 Å². The van der Waals surface area contributed by atoms with Gasteiger partial charge in [-0.25, -0.2) is 9.98 Å². The molecule has 40 heavy (non-hydrogen) atoms. The second-order valence-electron chi connectivity index (χ2n) is 10.5. The SMILES string of the molecule is CC1=CC(CC2CCN(C(=O)c3nc4ccccc4o3)CC2)C=C2N=c3cccc(C(=O)NCC(F)(F)F)c3=C12. The number of alkyl halides is 3. The lowest BCUT2D eigenvalue weighted by atomic mass is 9.82. The highest BCUT2D eigenvalue weighted by Gasteiger charge is 2.31. The van der Waals surface area contributed by atoms with Crippen molar-refractivity contribution in [1.82, 2.24) is 15.2 Å². The number of halogens is 3. The van der Waals surface area contributed by atoms with Gasteiger partial charge >= 0.3 is 12.1 Å². The molecular formula is C30H27F3N4O3.